The zero-order valence-corrected chi connectivity index (χ0v) is 20.0. The number of ether oxygens (including phenoxy) is 2. The van der Waals surface area contributed by atoms with Crippen molar-refractivity contribution >= 4 is 28.4 Å². The van der Waals surface area contributed by atoms with Crippen LogP contribution in [0, 0.1) is 11.3 Å². The number of nitrogens with one attached hydrogen (secondary N) is 2. The first kappa shape index (κ1) is 26.0. The van der Waals surface area contributed by atoms with Gasteiger partial charge in [-0.15, -0.1) is 0 Å². The number of morpholine rings is 1. The van der Waals surface area contributed by atoms with E-state index >= 15 is 0 Å². The fourth-order valence-corrected chi connectivity index (χ4v) is 4.30. The zero-order valence-electron chi connectivity index (χ0n) is 20.0. The normalized spacial score (nSPS) is 25.3. The maximum Gasteiger partial charge on any atom is 0.262 e. The molecule has 192 valence electrons. The number of benzene rings is 2. The average Bonchev–Trinajstić information content (AvgIpc) is 2.90. The number of nitrogens with zero attached hydrogens (tertiary/aromatic N) is 2. The van der Waals surface area contributed by atoms with E-state index in [-0.39, 0.29) is 18.7 Å². The monoisotopic (exact) mass is 496 g/mol. The lowest BCUT2D eigenvalue weighted by molar-refractivity contribution is -0.185. The van der Waals surface area contributed by atoms with Crippen LogP contribution in [-0.4, -0.2) is 103 Å². The molecular formula is C26H32N4O6. The molecular weight excluding hydrogens is 464 g/mol. The third kappa shape index (κ3) is 6.59. The van der Waals surface area contributed by atoms with Gasteiger partial charge in [0.1, 0.15) is 36.1 Å². The van der Waals surface area contributed by atoms with Crippen LogP contribution < -0.4 is 10.6 Å². The van der Waals surface area contributed by atoms with E-state index in [1.54, 1.807) is 0 Å². The second-order valence-corrected chi connectivity index (χ2v) is 9.00. The van der Waals surface area contributed by atoms with Crippen molar-refractivity contribution in [3.63, 3.8) is 0 Å². The van der Waals surface area contributed by atoms with E-state index < -0.39 is 30.3 Å². The largest absolute Gasteiger partial charge is 0.388 e. The van der Waals surface area contributed by atoms with E-state index in [0.29, 0.717) is 5.56 Å². The number of aliphatic hydroxyl groups is 3. The number of anilines is 1. The van der Waals surface area contributed by atoms with Gasteiger partial charge < -0.3 is 35.4 Å². The Morgan fingerprint density at radius 3 is 2.64 bits per heavy atom. The fourth-order valence-electron chi connectivity index (χ4n) is 4.30. The molecule has 10 heteroatoms. The fraction of sp³-hybridized carbons (Fsp3) is 0.462. The van der Waals surface area contributed by atoms with Gasteiger partial charge in [-0.25, -0.2) is 0 Å². The Morgan fingerprint density at radius 1 is 1.11 bits per heavy atom. The number of hydrogen-bond donors (Lipinski definition) is 5. The highest BCUT2D eigenvalue weighted by molar-refractivity contribution is 6.02. The summed E-state index contributed by atoms with van der Waals surface area (Å²) in [6, 6.07) is 13.7. The number of carbonyl (C=O) groups excluding carboxylic acids is 1. The number of hydrogen-bond acceptors (Lipinski definition) is 9. The quantitative estimate of drug-likeness (QED) is 0.253. The van der Waals surface area contributed by atoms with Gasteiger partial charge in [-0.2, -0.15) is 5.26 Å². The molecule has 2 heterocycles. The van der Waals surface area contributed by atoms with Crippen LogP contribution in [-0.2, 0) is 14.3 Å². The molecule has 1 amide bonds. The molecule has 0 aromatic heterocycles. The Morgan fingerprint density at radius 2 is 1.86 bits per heavy atom. The van der Waals surface area contributed by atoms with Gasteiger partial charge in [-0.3, -0.25) is 9.69 Å². The molecule has 36 heavy (non-hydrogen) atoms. The average molecular weight is 497 g/mol. The molecule has 2 fully saturated rings. The summed E-state index contributed by atoms with van der Waals surface area (Å²) in [5, 5.41) is 46.8. The van der Waals surface area contributed by atoms with Crippen molar-refractivity contribution in [2.24, 2.45) is 0 Å². The van der Waals surface area contributed by atoms with Crippen molar-refractivity contribution in [2.75, 3.05) is 57.9 Å². The number of fused-ring (bicyclic) bond motifs is 1. The van der Waals surface area contributed by atoms with Crippen LogP contribution >= 0.6 is 0 Å². The number of carbonyl (C=O) groups is 1. The Labute approximate surface area is 209 Å². The Balaban J connectivity index is 1.34. The number of amides is 1. The van der Waals surface area contributed by atoms with Gasteiger partial charge >= 0.3 is 0 Å². The first-order chi connectivity index (χ1) is 17.4. The van der Waals surface area contributed by atoms with E-state index in [4.69, 9.17) is 9.47 Å². The summed E-state index contributed by atoms with van der Waals surface area (Å²) in [5.74, 6) is -0.617. The first-order valence-electron chi connectivity index (χ1n) is 12.1. The SMILES string of the molecule is N#C/C(=C\c1ccc2cc(NCCN3CCOCC3)ccc2c1)C(=O)NC[C@H]1OC[C@H](O)[C@@H](O)[C@@H]1O. The van der Waals surface area contributed by atoms with Crippen LogP contribution in [0.4, 0.5) is 5.69 Å². The topological polar surface area (TPSA) is 147 Å². The third-order valence-corrected chi connectivity index (χ3v) is 6.47. The third-order valence-electron chi connectivity index (χ3n) is 6.47. The molecule has 4 atom stereocenters. The lowest BCUT2D eigenvalue weighted by Crippen LogP contribution is -2.56. The highest BCUT2D eigenvalue weighted by Gasteiger charge is 2.37. The smallest absolute Gasteiger partial charge is 0.262 e. The molecule has 0 bridgehead atoms. The van der Waals surface area contributed by atoms with Crippen molar-refractivity contribution in [3.8, 4) is 6.07 Å². The second kappa shape index (κ2) is 12.3. The first-order valence-corrected chi connectivity index (χ1v) is 12.1. The lowest BCUT2D eigenvalue weighted by Gasteiger charge is -2.35. The summed E-state index contributed by atoms with van der Waals surface area (Å²) < 4.78 is 10.7. The van der Waals surface area contributed by atoms with E-state index in [9.17, 15) is 25.4 Å². The van der Waals surface area contributed by atoms with Crippen LogP contribution in [0.1, 0.15) is 5.56 Å². The van der Waals surface area contributed by atoms with Crippen LogP contribution in [0.5, 0.6) is 0 Å². The molecule has 2 aromatic carbocycles. The van der Waals surface area contributed by atoms with Crippen molar-refractivity contribution < 1.29 is 29.6 Å². The molecule has 0 spiro atoms. The molecule has 2 saturated heterocycles. The Bertz CT molecular complexity index is 1130. The maximum atomic E-state index is 12.5. The van der Waals surface area contributed by atoms with Gasteiger partial charge in [-0.1, -0.05) is 18.2 Å². The number of aliphatic hydroxyl groups excluding tert-OH is 3. The second-order valence-electron chi connectivity index (χ2n) is 9.00. The summed E-state index contributed by atoms with van der Waals surface area (Å²) >= 11 is 0. The standard InChI is InChI=1S/C26H32N4O6/c27-14-20(26(34)29-15-23-25(33)24(32)22(31)16-36-23)12-17-1-2-19-13-21(4-3-18(19)11-17)28-5-6-30-7-9-35-10-8-30/h1-4,11-13,22-25,28,31-33H,5-10,15-16H2,(H,29,34)/b20-12+/t22-,23+,24+,25+/m0/s1. The van der Waals surface area contributed by atoms with Gasteiger partial charge in [0.05, 0.1) is 19.8 Å². The van der Waals surface area contributed by atoms with Gasteiger partial charge in [0.25, 0.3) is 5.91 Å². The summed E-state index contributed by atoms with van der Waals surface area (Å²) in [4.78, 5) is 14.9. The Hall–Kier alpha value is -3.04. The summed E-state index contributed by atoms with van der Waals surface area (Å²) in [6.45, 7) is 5.03. The highest BCUT2D eigenvalue weighted by atomic mass is 16.5. The van der Waals surface area contributed by atoms with Gasteiger partial charge in [0.2, 0.25) is 0 Å². The predicted molar refractivity (Wildman–Crippen MR) is 134 cm³/mol. The van der Waals surface area contributed by atoms with Gasteiger partial charge in [-0.05, 0) is 40.6 Å². The van der Waals surface area contributed by atoms with Crippen molar-refractivity contribution in [1.29, 1.82) is 5.26 Å². The molecule has 10 nitrogen and oxygen atoms in total. The lowest BCUT2D eigenvalue weighted by atomic mass is 10.00. The van der Waals surface area contributed by atoms with Crippen LogP contribution in [0.3, 0.4) is 0 Å². The minimum absolute atomic E-state index is 0.0957. The summed E-state index contributed by atoms with van der Waals surface area (Å²) in [7, 11) is 0. The number of rotatable bonds is 8. The van der Waals surface area contributed by atoms with Crippen molar-refractivity contribution in [3.05, 3.63) is 47.5 Å². The van der Waals surface area contributed by atoms with E-state index in [0.717, 1.165) is 55.9 Å². The van der Waals surface area contributed by atoms with E-state index in [1.807, 2.05) is 36.4 Å². The molecule has 2 aliphatic heterocycles. The van der Waals surface area contributed by atoms with Crippen LogP contribution in [0.25, 0.3) is 16.8 Å². The van der Waals surface area contributed by atoms with Crippen LogP contribution in [0.2, 0.25) is 0 Å². The highest BCUT2D eigenvalue weighted by Crippen LogP contribution is 2.22. The minimum Gasteiger partial charge on any atom is -0.388 e. The van der Waals surface area contributed by atoms with Gasteiger partial charge in [0.15, 0.2) is 0 Å². The molecule has 0 unspecified atom stereocenters. The molecule has 4 rings (SSSR count). The van der Waals surface area contributed by atoms with Crippen molar-refractivity contribution in [2.45, 2.75) is 24.4 Å². The van der Waals surface area contributed by atoms with Crippen molar-refractivity contribution in [1.82, 2.24) is 10.2 Å². The maximum absolute atomic E-state index is 12.5. The number of nitriles is 1. The van der Waals surface area contributed by atoms with Gasteiger partial charge in [0, 0.05) is 38.4 Å². The van der Waals surface area contributed by atoms with E-state index in [2.05, 4.69) is 21.6 Å². The minimum atomic E-state index is -1.36. The molecule has 2 aromatic rings. The zero-order chi connectivity index (χ0) is 25.5. The molecule has 0 aliphatic carbocycles. The molecule has 5 N–H and O–H groups in total. The predicted octanol–water partition coefficient (Wildman–Crippen LogP) is 0.0886. The molecule has 0 radical (unpaired) electrons. The molecule has 0 saturated carbocycles. The van der Waals surface area contributed by atoms with E-state index in [1.165, 1.54) is 6.08 Å². The molecule has 2 aliphatic rings. The van der Waals surface area contributed by atoms with Crippen LogP contribution in [0.15, 0.2) is 42.0 Å². The summed E-state index contributed by atoms with van der Waals surface area (Å²) in [5.41, 5.74) is 1.64. The Kier molecular flexibility index (Phi) is 8.88. The summed E-state index contributed by atoms with van der Waals surface area (Å²) in [6.07, 6.45) is -3.27.